The Kier molecular flexibility index (Phi) is 3.20. The second kappa shape index (κ2) is 5.50. The number of fused-ring (bicyclic) bond motifs is 1. The third kappa shape index (κ3) is 2.30. The van der Waals surface area contributed by atoms with Crippen molar-refractivity contribution < 1.29 is 4.79 Å². The number of aldehydes is 1. The Hall–Kier alpha value is -3.27. The second-order valence-electron chi connectivity index (χ2n) is 5.20. The molecule has 4 heteroatoms. The number of benzene rings is 2. The molecule has 4 rings (SSSR count). The van der Waals surface area contributed by atoms with Crippen LogP contribution in [-0.4, -0.2) is 20.7 Å². The summed E-state index contributed by atoms with van der Waals surface area (Å²) in [5.74, 6) is 0.525. The Bertz CT molecular complexity index is 973. The van der Waals surface area contributed by atoms with Gasteiger partial charge in [-0.25, -0.2) is 9.97 Å². The molecule has 110 valence electrons. The van der Waals surface area contributed by atoms with Crippen molar-refractivity contribution in [1.82, 2.24) is 14.4 Å². The topological polar surface area (TPSA) is 47.3 Å². The zero-order valence-electron chi connectivity index (χ0n) is 12.3. The predicted molar refractivity (Wildman–Crippen MR) is 89.2 cm³/mol. The fraction of sp³-hybridized carbons (Fsp3) is 0. The van der Waals surface area contributed by atoms with Crippen molar-refractivity contribution in [1.29, 1.82) is 0 Å². The molecule has 0 aliphatic carbocycles. The quantitative estimate of drug-likeness (QED) is 0.539. The number of hydrogen-bond donors (Lipinski definition) is 0. The number of imidazole rings is 1. The fourth-order valence-electron chi connectivity index (χ4n) is 2.68. The van der Waals surface area contributed by atoms with Crippen molar-refractivity contribution in [2.45, 2.75) is 0 Å². The minimum absolute atomic E-state index is 0.514. The average Bonchev–Trinajstić information content (AvgIpc) is 3.01. The number of hydrogen-bond acceptors (Lipinski definition) is 3. The van der Waals surface area contributed by atoms with Crippen molar-refractivity contribution in [2.75, 3.05) is 0 Å². The Morgan fingerprint density at radius 2 is 1.52 bits per heavy atom. The zero-order valence-corrected chi connectivity index (χ0v) is 12.3. The van der Waals surface area contributed by atoms with E-state index in [-0.39, 0.29) is 0 Å². The molecule has 4 nitrogen and oxygen atoms in total. The number of nitrogens with zero attached hydrogens (tertiary/aromatic N) is 3. The molecule has 0 spiro atoms. The maximum absolute atomic E-state index is 11.5. The lowest BCUT2D eigenvalue weighted by molar-refractivity contribution is 0.111. The van der Waals surface area contributed by atoms with E-state index in [1.807, 2.05) is 42.5 Å². The average molecular weight is 299 g/mol. The van der Waals surface area contributed by atoms with E-state index in [1.54, 1.807) is 22.9 Å². The molecule has 0 radical (unpaired) electrons. The summed E-state index contributed by atoms with van der Waals surface area (Å²) < 4.78 is 1.70. The molecule has 2 heterocycles. The van der Waals surface area contributed by atoms with Gasteiger partial charge in [0.1, 0.15) is 11.4 Å². The van der Waals surface area contributed by atoms with Gasteiger partial charge in [0.05, 0.1) is 0 Å². The highest BCUT2D eigenvalue weighted by Gasteiger charge is 2.13. The lowest BCUT2D eigenvalue weighted by Crippen LogP contribution is -1.92. The van der Waals surface area contributed by atoms with Gasteiger partial charge in [-0.05, 0) is 17.2 Å². The fourth-order valence-corrected chi connectivity index (χ4v) is 2.68. The van der Waals surface area contributed by atoms with Gasteiger partial charge in [-0.1, -0.05) is 54.6 Å². The standard InChI is InChI=1S/C19H13N3O/c23-13-17-18(21-19-20-11-4-12-22(17)19)16-9-7-15(8-10-16)14-5-2-1-3-6-14/h1-13H. The largest absolute Gasteiger partial charge is 0.296 e. The molecule has 0 fully saturated rings. The molecule has 2 aromatic heterocycles. The van der Waals surface area contributed by atoms with Gasteiger partial charge in [0.15, 0.2) is 6.29 Å². The maximum Gasteiger partial charge on any atom is 0.234 e. The minimum atomic E-state index is 0.514. The van der Waals surface area contributed by atoms with Crippen LogP contribution in [0, 0.1) is 0 Å². The van der Waals surface area contributed by atoms with E-state index in [0.717, 1.165) is 23.0 Å². The smallest absolute Gasteiger partial charge is 0.234 e. The zero-order chi connectivity index (χ0) is 15.6. The monoisotopic (exact) mass is 299 g/mol. The van der Waals surface area contributed by atoms with Crippen LogP contribution in [0.2, 0.25) is 0 Å². The summed E-state index contributed by atoms with van der Waals surface area (Å²) in [6, 6.07) is 20.0. The molecule has 0 atom stereocenters. The summed E-state index contributed by atoms with van der Waals surface area (Å²) in [5, 5.41) is 0. The number of carbonyl (C=O) groups is 1. The van der Waals surface area contributed by atoms with Crippen LogP contribution in [0.3, 0.4) is 0 Å². The predicted octanol–water partition coefficient (Wildman–Crippen LogP) is 3.88. The molecule has 0 aliphatic rings. The van der Waals surface area contributed by atoms with E-state index >= 15 is 0 Å². The highest BCUT2D eigenvalue weighted by atomic mass is 16.1. The van der Waals surface area contributed by atoms with Crippen LogP contribution in [0.25, 0.3) is 28.2 Å². The first-order valence-corrected chi connectivity index (χ1v) is 7.31. The molecule has 0 saturated heterocycles. The molecular weight excluding hydrogens is 286 g/mol. The van der Waals surface area contributed by atoms with Crippen molar-refractivity contribution in [3.05, 3.63) is 78.8 Å². The van der Waals surface area contributed by atoms with Gasteiger partial charge >= 0.3 is 0 Å². The summed E-state index contributed by atoms with van der Waals surface area (Å²) in [6.45, 7) is 0. The van der Waals surface area contributed by atoms with Gasteiger partial charge in [0.2, 0.25) is 5.78 Å². The van der Waals surface area contributed by atoms with E-state index in [2.05, 4.69) is 22.1 Å². The van der Waals surface area contributed by atoms with E-state index < -0.39 is 0 Å². The van der Waals surface area contributed by atoms with Gasteiger partial charge in [0.25, 0.3) is 0 Å². The third-order valence-corrected chi connectivity index (χ3v) is 3.82. The highest BCUT2D eigenvalue weighted by Crippen LogP contribution is 2.26. The van der Waals surface area contributed by atoms with E-state index in [0.29, 0.717) is 17.2 Å². The summed E-state index contributed by atoms with van der Waals surface area (Å²) in [4.78, 5) is 20.1. The Morgan fingerprint density at radius 3 is 2.26 bits per heavy atom. The van der Waals surface area contributed by atoms with Crippen LogP contribution in [0.5, 0.6) is 0 Å². The second-order valence-corrected chi connectivity index (χ2v) is 5.20. The van der Waals surface area contributed by atoms with Crippen molar-refractivity contribution in [2.24, 2.45) is 0 Å². The first-order valence-electron chi connectivity index (χ1n) is 7.31. The van der Waals surface area contributed by atoms with Crippen molar-refractivity contribution in [3.8, 4) is 22.4 Å². The van der Waals surface area contributed by atoms with Crippen LogP contribution in [0.1, 0.15) is 10.5 Å². The molecule has 23 heavy (non-hydrogen) atoms. The Labute approximate surface area is 133 Å². The number of aromatic nitrogens is 3. The number of rotatable bonds is 3. The summed E-state index contributed by atoms with van der Waals surface area (Å²) in [5.41, 5.74) is 4.35. The lowest BCUT2D eigenvalue weighted by atomic mass is 10.0. The third-order valence-electron chi connectivity index (χ3n) is 3.82. The summed E-state index contributed by atoms with van der Waals surface area (Å²) >= 11 is 0. The van der Waals surface area contributed by atoms with Crippen LogP contribution in [0.4, 0.5) is 0 Å². The first-order chi connectivity index (χ1) is 11.4. The van der Waals surface area contributed by atoms with Gasteiger partial charge < -0.3 is 0 Å². The molecular formula is C19H13N3O. The van der Waals surface area contributed by atoms with Gasteiger partial charge in [-0.15, -0.1) is 0 Å². The molecule has 4 aromatic rings. The Balaban J connectivity index is 1.81. The summed E-state index contributed by atoms with van der Waals surface area (Å²) in [7, 11) is 0. The van der Waals surface area contributed by atoms with Gasteiger partial charge in [-0.3, -0.25) is 9.20 Å². The summed E-state index contributed by atoms with van der Waals surface area (Å²) in [6.07, 6.45) is 4.28. The van der Waals surface area contributed by atoms with Crippen LogP contribution in [-0.2, 0) is 0 Å². The molecule has 0 bridgehead atoms. The SMILES string of the molecule is O=Cc1c(-c2ccc(-c3ccccc3)cc2)nc2ncccn12. The lowest BCUT2D eigenvalue weighted by Gasteiger charge is -2.03. The highest BCUT2D eigenvalue weighted by molar-refractivity contribution is 5.86. The van der Waals surface area contributed by atoms with Gasteiger partial charge in [0, 0.05) is 18.0 Å². The number of carbonyl (C=O) groups excluding carboxylic acids is 1. The maximum atomic E-state index is 11.5. The van der Waals surface area contributed by atoms with Crippen LogP contribution >= 0.6 is 0 Å². The van der Waals surface area contributed by atoms with Crippen molar-refractivity contribution in [3.63, 3.8) is 0 Å². The molecule has 0 saturated carbocycles. The van der Waals surface area contributed by atoms with Crippen LogP contribution < -0.4 is 0 Å². The molecule has 2 aromatic carbocycles. The normalized spacial score (nSPS) is 10.8. The molecule has 0 amide bonds. The van der Waals surface area contributed by atoms with Gasteiger partial charge in [-0.2, -0.15) is 0 Å². The van der Waals surface area contributed by atoms with Crippen molar-refractivity contribution >= 4 is 12.1 Å². The van der Waals surface area contributed by atoms with E-state index in [4.69, 9.17) is 0 Å². The van der Waals surface area contributed by atoms with E-state index in [1.165, 1.54) is 0 Å². The first kappa shape index (κ1) is 13.4. The van der Waals surface area contributed by atoms with Crippen LogP contribution in [0.15, 0.2) is 73.1 Å². The molecule has 0 N–H and O–H groups in total. The van der Waals surface area contributed by atoms with E-state index in [9.17, 15) is 4.79 Å². The minimum Gasteiger partial charge on any atom is -0.296 e. The molecule has 0 unspecified atom stereocenters. The molecule has 0 aliphatic heterocycles. The Morgan fingerprint density at radius 1 is 0.826 bits per heavy atom.